The minimum Gasteiger partial charge on any atom is -0.454 e. The summed E-state index contributed by atoms with van der Waals surface area (Å²) in [7, 11) is 0. The lowest BCUT2D eigenvalue weighted by atomic mass is 10.2. The molecule has 1 aromatic heterocycles. The zero-order chi connectivity index (χ0) is 21.8. The number of nitrogens with zero attached hydrogens (tertiary/aromatic N) is 2. The molecule has 0 saturated heterocycles. The summed E-state index contributed by atoms with van der Waals surface area (Å²) in [5, 5.41) is 3.26. The monoisotopic (exact) mass is 441 g/mol. The fourth-order valence-electron chi connectivity index (χ4n) is 3.45. The van der Waals surface area contributed by atoms with Gasteiger partial charge in [0.05, 0.1) is 11.0 Å². The van der Waals surface area contributed by atoms with Crippen LogP contribution in [0.4, 0.5) is 0 Å². The molecule has 2 heterocycles. The quantitative estimate of drug-likeness (QED) is 0.395. The Balaban J connectivity index is 1.33. The van der Waals surface area contributed by atoms with Gasteiger partial charge in [0.2, 0.25) is 6.79 Å². The van der Waals surface area contributed by atoms with Gasteiger partial charge in [0.1, 0.15) is 6.54 Å². The molecule has 0 unspecified atom stereocenters. The number of hydrazine groups is 1. The molecule has 10 heteroatoms. The summed E-state index contributed by atoms with van der Waals surface area (Å²) < 4.78 is 13.8. The van der Waals surface area contributed by atoms with Crippen LogP contribution in [-0.4, -0.2) is 26.9 Å². The number of ether oxygens (including phenoxy) is 2. The fourth-order valence-corrected chi connectivity index (χ4v) is 3.58. The van der Waals surface area contributed by atoms with Crippen molar-refractivity contribution in [2.24, 2.45) is 0 Å². The van der Waals surface area contributed by atoms with E-state index in [0.717, 1.165) is 23.0 Å². The fraction of sp³-hybridized carbons (Fsp3) is 0.286. The maximum Gasteiger partial charge on any atom is 0.329 e. The average molecular weight is 442 g/mol. The first-order valence-corrected chi connectivity index (χ1v) is 10.4. The van der Waals surface area contributed by atoms with E-state index in [2.05, 4.69) is 16.2 Å². The van der Waals surface area contributed by atoms with E-state index in [1.807, 2.05) is 49.4 Å². The van der Waals surface area contributed by atoms with Gasteiger partial charge in [0, 0.05) is 13.1 Å². The second-order valence-corrected chi connectivity index (χ2v) is 7.46. The van der Waals surface area contributed by atoms with Gasteiger partial charge in [-0.15, -0.1) is 0 Å². The van der Waals surface area contributed by atoms with E-state index in [0.29, 0.717) is 24.6 Å². The molecule has 2 aromatic carbocycles. The molecule has 1 amide bonds. The molecule has 3 N–H and O–H groups in total. The molecule has 0 bridgehead atoms. The molecule has 31 heavy (non-hydrogen) atoms. The molecule has 0 fully saturated rings. The largest absolute Gasteiger partial charge is 0.454 e. The molecule has 4 rings (SSSR count). The normalized spacial score (nSPS) is 12.0. The lowest BCUT2D eigenvalue weighted by Gasteiger charge is -2.12. The number of carbonyl (C=O) groups excluding carboxylic acids is 1. The van der Waals surface area contributed by atoms with Crippen LogP contribution in [0.1, 0.15) is 18.9 Å². The van der Waals surface area contributed by atoms with Crippen LogP contribution in [0, 0.1) is 0 Å². The summed E-state index contributed by atoms with van der Waals surface area (Å²) >= 11 is 5.21. The number of para-hydroxylation sites is 2. The molecular formula is C21H23N5O4S. The summed E-state index contributed by atoms with van der Waals surface area (Å²) in [5.41, 5.74) is 7.49. The number of carbonyl (C=O) groups is 1. The number of nitrogens with one attached hydrogen (secondary N) is 3. The van der Waals surface area contributed by atoms with Gasteiger partial charge in [-0.1, -0.05) is 25.1 Å². The second-order valence-electron chi connectivity index (χ2n) is 7.05. The Morgan fingerprint density at radius 1 is 1.06 bits per heavy atom. The molecule has 1 aliphatic rings. The number of aryl methyl sites for hydroxylation is 1. The van der Waals surface area contributed by atoms with E-state index in [4.69, 9.17) is 21.7 Å². The third kappa shape index (κ3) is 4.48. The topological polar surface area (TPSA) is 98.6 Å². The zero-order valence-electron chi connectivity index (χ0n) is 17.0. The van der Waals surface area contributed by atoms with Crippen LogP contribution < -0.4 is 31.3 Å². The van der Waals surface area contributed by atoms with Crippen LogP contribution in [0.2, 0.25) is 0 Å². The Labute approximate surface area is 183 Å². The Hall–Kier alpha value is -3.53. The van der Waals surface area contributed by atoms with Crippen LogP contribution in [0.3, 0.4) is 0 Å². The first-order chi connectivity index (χ1) is 15.1. The van der Waals surface area contributed by atoms with E-state index in [9.17, 15) is 9.59 Å². The van der Waals surface area contributed by atoms with Gasteiger partial charge in [-0.3, -0.25) is 24.8 Å². The first-order valence-electron chi connectivity index (χ1n) is 9.96. The first kappa shape index (κ1) is 20.7. The minimum absolute atomic E-state index is 0.117. The number of aromatic nitrogens is 2. The molecule has 0 saturated carbocycles. The predicted molar refractivity (Wildman–Crippen MR) is 120 cm³/mol. The van der Waals surface area contributed by atoms with Gasteiger partial charge in [0.25, 0.3) is 5.91 Å². The Morgan fingerprint density at radius 2 is 1.81 bits per heavy atom. The standard InChI is InChI=1S/C21H23N5O4S/c1-2-9-25-15-5-3-4-6-16(15)26(21(25)28)12-19(27)23-24-20(31)22-11-14-7-8-17-18(10-14)30-13-29-17/h3-8,10H,2,9,11-13H2,1H3,(H,23,27)(H2,22,24,31). The molecule has 3 aromatic rings. The highest BCUT2D eigenvalue weighted by Crippen LogP contribution is 2.32. The van der Waals surface area contributed by atoms with E-state index < -0.39 is 0 Å². The maximum atomic E-state index is 12.8. The minimum atomic E-state index is -0.381. The molecular weight excluding hydrogens is 418 g/mol. The number of imidazole rings is 1. The Bertz CT molecular complexity index is 1190. The highest BCUT2D eigenvalue weighted by atomic mass is 32.1. The smallest absolute Gasteiger partial charge is 0.329 e. The van der Waals surface area contributed by atoms with Crippen LogP contribution in [-0.2, 0) is 24.4 Å². The number of fused-ring (bicyclic) bond motifs is 2. The van der Waals surface area contributed by atoms with Crippen molar-refractivity contribution >= 4 is 34.3 Å². The number of thiocarbonyl (C=S) groups is 1. The van der Waals surface area contributed by atoms with Gasteiger partial charge >= 0.3 is 5.69 Å². The van der Waals surface area contributed by atoms with E-state index >= 15 is 0 Å². The number of hydrogen-bond acceptors (Lipinski definition) is 5. The summed E-state index contributed by atoms with van der Waals surface area (Å²) in [5.74, 6) is 1.03. The van der Waals surface area contributed by atoms with Crippen molar-refractivity contribution in [1.82, 2.24) is 25.3 Å². The van der Waals surface area contributed by atoms with Crippen molar-refractivity contribution in [3.05, 3.63) is 58.5 Å². The van der Waals surface area contributed by atoms with Gasteiger partial charge in [-0.05, 0) is 48.5 Å². The third-order valence-electron chi connectivity index (χ3n) is 4.88. The van der Waals surface area contributed by atoms with Gasteiger partial charge in [-0.25, -0.2) is 4.79 Å². The highest BCUT2D eigenvalue weighted by molar-refractivity contribution is 7.80. The average Bonchev–Trinajstić information content (AvgIpc) is 3.35. The van der Waals surface area contributed by atoms with Crippen LogP contribution >= 0.6 is 12.2 Å². The lowest BCUT2D eigenvalue weighted by molar-refractivity contribution is -0.122. The van der Waals surface area contributed by atoms with Crippen molar-refractivity contribution in [2.45, 2.75) is 33.0 Å². The van der Waals surface area contributed by atoms with Crippen LogP contribution in [0.15, 0.2) is 47.3 Å². The van der Waals surface area contributed by atoms with E-state index in [1.54, 1.807) is 4.57 Å². The molecule has 1 aliphatic heterocycles. The summed E-state index contributed by atoms with van der Waals surface area (Å²) in [4.78, 5) is 25.2. The van der Waals surface area contributed by atoms with Crippen molar-refractivity contribution in [3.8, 4) is 11.5 Å². The van der Waals surface area contributed by atoms with Crippen molar-refractivity contribution in [2.75, 3.05) is 6.79 Å². The number of amides is 1. The highest BCUT2D eigenvalue weighted by Gasteiger charge is 2.15. The number of hydrogen-bond donors (Lipinski definition) is 3. The summed E-state index contributed by atoms with van der Waals surface area (Å²) in [6.45, 7) is 3.15. The van der Waals surface area contributed by atoms with Gasteiger partial charge < -0.3 is 14.8 Å². The number of rotatable bonds is 6. The van der Waals surface area contributed by atoms with Gasteiger partial charge in [-0.2, -0.15) is 0 Å². The van der Waals surface area contributed by atoms with E-state index in [-0.39, 0.29) is 30.0 Å². The van der Waals surface area contributed by atoms with Gasteiger partial charge in [0.15, 0.2) is 16.6 Å². The zero-order valence-corrected chi connectivity index (χ0v) is 17.8. The van der Waals surface area contributed by atoms with E-state index in [1.165, 1.54) is 4.57 Å². The molecule has 0 radical (unpaired) electrons. The molecule has 0 atom stereocenters. The Morgan fingerprint density at radius 3 is 2.58 bits per heavy atom. The maximum absolute atomic E-state index is 12.8. The summed E-state index contributed by atoms with van der Waals surface area (Å²) in [6.07, 6.45) is 0.824. The molecule has 162 valence electrons. The number of benzene rings is 2. The predicted octanol–water partition coefficient (Wildman–Crippen LogP) is 1.64. The third-order valence-corrected chi connectivity index (χ3v) is 5.13. The van der Waals surface area contributed by atoms with Crippen LogP contribution in [0.5, 0.6) is 11.5 Å². The van der Waals surface area contributed by atoms with Crippen molar-refractivity contribution < 1.29 is 14.3 Å². The molecule has 0 spiro atoms. The SMILES string of the molecule is CCCn1c(=O)n(CC(=O)NNC(=S)NCc2ccc3c(c2)OCO3)c2ccccc21. The molecule has 0 aliphatic carbocycles. The molecule has 9 nitrogen and oxygen atoms in total. The second kappa shape index (κ2) is 9.09. The Kier molecular flexibility index (Phi) is 6.08. The lowest BCUT2D eigenvalue weighted by Crippen LogP contribution is -2.48. The summed E-state index contributed by atoms with van der Waals surface area (Å²) in [6, 6.07) is 13.1. The van der Waals surface area contributed by atoms with Crippen molar-refractivity contribution in [1.29, 1.82) is 0 Å². The van der Waals surface area contributed by atoms with Crippen molar-refractivity contribution in [3.63, 3.8) is 0 Å². The van der Waals surface area contributed by atoms with Crippen LogP contribution in [0.25, 0.3) is 11.0 Å².